The van der Waals surface area contributed by atoms with Crippen LogP contribution in [-0.2, 0) is 6.42 Å². The average molecular weight is 228 g/mol. The molecule has 0 bridgehead atoms. The first-order valence-electron chi connectivity index (χ1n) is 4.84. The van der Waals surface area contributed by atoms with Crippen molar-refractivity contribution < 1.29 is 0 Å². The number of aromatic nitrogens is 2. The summed E-state index contributed by atoms with van der Waals surface area (Å²) in [5.41, 5.74) is 1.10. The van der Waals surface area contributed by atoms with Gasteiger partial charge in [0.1, 0.15) is 0 Å². The van der Waals surface area contributed by atoms with Crippen LogP contribution in [0.3, 0.4) is 0 Å². The number of aryl methyl sites for hydroxylation is 1. The first-order valence-corrected chi connectivity index (χ1v) is 7.14. The van der Waals surface area contributed by atoms with Gasteiger partial charge in [0.25, 0.3) is 0 Å². The molecule has 0 amide bonds. The van der Waals surface area contributed by atoms with Gasteiger partial charge in [0, 0.05) is 36.5 Å². The molecule has 4 heteroatoms. The molecule has 2 nitrogen and oxygen atoms in total. The molecule has 78 valence electrons. The summed E-state index contributed by atoms with van der Waals surface area (Å²) in [4.78, 5) is 8.27. The van der Waals surface area contributed by atoms with E-state index in [1.807, 2.05) is 29.7 Å². The molecule has 1 aromatic rings. The van der Waals surface area contributed by atoms with E-state index < -0.39 is 0 Å². The van der Waals surface area contributed by atoms with E-state index in [9.17, 15) is 0 Å². The summed E-state index contributed by atoms with van der Waals surface area (Å²) in [6.07, 6.45) is 6.36. The van der Waals surface area contributed by atoms with Crippen LogP contribution in [0, 0.1) is 0 Å². The summed E-state index contributed by atoms with van der Waals surface area (Å²) in [5.74, 6) is 4.90. The van der Waals surface area contributed by atoms with Gasteiger partial charge >= 0.3 is 0 Å². The maximum absolute atomic E-state index is 4.23. The fourth-order valence-electron chi connectivity index (χ4n) is 1.00. The van der Waals surface area contributed by atoms with E-state index in [0.29, 0.717) is 0 Å². The van der Waals surface area contributed by atoms with Crippen LogP contribution in [0.5, 0.6) is 0 Å². The SMILES string of the molecule is CCSCCSCCc1cnccn1. The summed E-state index contributed by atoms with van der Waals surface area (Å²) in [5, 5.41) is 0. The maximum atomic E-state index is 4.23. The summed E-state index contributed by atoms with van der Waals surface area (Å²) >= 11 is 4.00. The third-order valence-electron chi connectivity index (χ3n) is 1.70. The van der Waals surface area contributed by atoms with E-state index in [1.165, 1.54) is 17.3 Å². The van der Waals surface area contributed by atoms with Crippen molar-refractivity contribution in [1.82, 2.24) is 9.97 Å². The Labute approximate surface area is 94.3 Å². The van der Waals surface area contributed by atoms with Crippen LogP contribution in [0.4, 0.5) is 0 Å². The fourth-order valence-corrected chi connectivity index (χ4v) is 2.79. The number of hydrogen-bond donors (Lipinski definition) is 0. The van der Waals surface area contributed by atoms with Crippen LogP contribution in [0.15, 0.2) is 18.6 Å². The highest BCUT2D eigenvalue weighted by Crippen LogP contribution is 2.08. The Bertz CT molecular complexity index is 229. The second kappa shape index (κ2) is 8.12. The molecule has 0 saturated heterocycles. The Morgan fingerprint density at radius 2 is 2.00 bits per heavy atom. The summed E-state index contributed by atoms with van der Waals surface area (Å²) in [6.45, 7) is 2.20. The first kappa shape index (κ1) is 11.9. The molecule has 0 radical (unpaired) electrons. The van der Waals surface area contributed by atoms with Crippen molar-refractivity contribution in [2.24, 2.45) is 0 Å². The summed E-state index contributed by atoms with van der Waals surface area (Å²) in [6, 6.07) is 0. The fraction of sp³-hybridized carbons (Fsp3) is 0.600. The minimum Gasteiger partial charge on any atom is -0.261 e. The van der Waals surface area contributed by atoms with Gasteiger partial charge in [-0.25, -0.2) is 0 Å². The molecule has 0 unspecified atom stereocenters. The second-order valence-corrected chi connectivity index (χ2v) is 5.37. The minimum absolute atomic E-state index is 1.04. The molecule has 0 aliphatic carbocycles. The van der Waals surface area contributed by atoms with E-state index in [4.69, 9.17) is 0 Å². The van der Waals surface area contributed by atoms with Gasteiger partial charge in [0.05, 0.1) is 5.69 Å². The van der Waals surface area contributed by atoms with Crippen LogP contribution < -0.4 is 0 Å². The predicted octanol–water partition coefficient (Wildman–Crippen LogP) is 2.51. The number of rotatable bonds is 7. The lowest BCUT2D eigenvalue weighted by atomic mass is 10.4. The first-order chi connectivity index (χ1) is 6.93. The van der Waals surface area contributed by atoms with E-state index in [0.717, 1.165) is 17.9 Å². The average Bonchev–Trinajstić information content (AvgIpc) is 2.25. The quantitative estimate of drug-likeness (QED) is 0.670. The minimum atomic E-state index is 1.04. The Hall–Kier alpha value is -0.220. The van der Waals surface area contributed by atoms with Crippen molar-refractivity contribution in [3.8, 4) is 0 Å². The monoisotopic (exact) mass is 228 g/mol. The third kappa shape index (κ3) is 5.50. The van der Waals surface area contributed by atoms with Gasteiger partial charge in [-0.1, -0.05) is 6.92 Å². The van der Waals surface area contributed by atoms with Crippen molar-refractivity contribution >= 4 is 23.5 Å². The molecule has 0 atom stereocenters. The highest BCUT2D eigenvalue weighted by molar-refractivity contribution is 8.02. The molecule has 1 rings (SSSR count). The van der Waals surface area contributed by atoms with E-state index in [-0.39, 0.29) is 0 Å². The molecule has 1 aromatic heterocycles. The highest BCUT2D eigenvalue weighted by Gasteiger charge is 1.94. The van der Waals surface area contributed by atoms with Gasteiger partial charge in [-0.2, -0.15) is 23.5 Å². The number of hydrogen-bond acceptors (Lipinski definition) is 4. The van der Waals surface area contributed by atoms with Gasteiger partial charge in [-0.15, -0.1) is 0 Å². The van der Waals surface area contributed by atoms with Crippen LogP contribution in [0.25, 0.3) is 0 Å². The lowest BCUT2D eigenvalue weighted by Crippen LogP contribution is -1.94. The Morgan fingerprint density at radius 3 is 2.71 bits per heavy atom. The van der Waals surface area contributed by atoms with Crippen molar-refractivity contribution in [3.05, 3.63) is 24.3 Å². The Kier molecular flexibility index (Phi) is 6.87. The van der Waals surface area contributed by atoms with Gasteiger partial charge in [0.2, 0.25) is 0 Å². The molecule has 0 aliphatic rings. The van der Waals surface area contributed by atoms with E-state index in [1.54, 1.807) is 12.4 Å². The zero-order valence-electron chi connectivity index (χ0n) is 8.48. The number of thioether (sulfide) groups is 2. The molecule has 0 N–H and O–H groups in total. The summed E-state index contributed by atoms with van der Waals surface area (Å²) in [7, 11) is 0. The van der Waals surface area contributed by atoms with Crippen molar-refractivity contribution in [3.63, 3.8) is 0 Å². The molecule has 14 heavy (non-hydrogen) atoms. The molecule has 0 saturated carbocycles. The molecular weight excluding hydrogens is 212 g/mol. The molecule has 0 spiro atoms. The van der Waals surface area contributed by atoms with Crippen LogP contribution in [0.2, 0.25) is 0 Å². The normalized spacial score (nSPS) is 10.4. The summed E-state index contributed by atoms with van der Waals surface area (Å²) < 4.78 is 0. The van der Waals surface area contributed by atoms with Gasteiger partial charge in [-0.3, -0.25) is 9.97 Å². The van der Waals surface area contributed by atoms with Crippen molar-refractivity contribution in [1.29, 1.82) is 0 Å². The highest BCUT2D eigenvalue weighted by atomic mass is 32.2. The molecular formula is C10H16N2S2. The predicted molar refractivity (Wildman–Crippen MR) is 66.1 cm³/mol. The molecule has 0 aromatic carbocycles. The Balaban J connectivity index is 1.99. The smallest absolute Gasteiger partial charge is 0.0594 e. The second-order valence-electron chi connectivity index (χ2n) is 2.76. The zero-order chi connectivity index (χ0) is 10.1. The standard InChI is InChI=1S/C10H16N2S2/c1-2-13-7-8-14-6-3-10-9-11-4-5-12-10/h4-5,9H,2-3,6-8H2,1H3. The lowest BCUT2D eigenvalue weighted by molar-refractivity contribution is 1.01. The Morgan fingerprint density at radius 1 is 1.14 bits per heavy atom. The van der Waals surface area contributed by atoms with Crippen LogP contribution >= 0.6 is 23.5 Å². The van der Waals surface area contributed by atoms with Gasteiger partial charge in [0.15, 0.2) is 0 Å². The molecule has 1 heterocycles. The van der Waals surface area contributed by atoms with Gasteiger partial charge < -0.3 is 0 Å². The van der Waals surface area contributed by atoms with Crippen molar-refractivity contribution in [2.75, 3.05) is 23.0 Å². The van der Waals surface area contributed by atoms with Crippen LogP contribution in [0.1, 0.15) is 12.6 Å². The third-order valence-corrected chi connectivity index (χ3v) is 3.84. The van der Waals surface area contributed by atoms with Crippen LogP contribution in [-0.4, -0.2) is 33.0 Å². The topological polar surface area (TPSA) is 25.8 Å². The van der Waals surface area contributed by atoms with E-state index >= 15 is 0 Å². The van der Waals surface area contributed by atoms with E-state index in [2.05, 4.69) is 16.9 Å². The lowest BCUT2D eigenvalue weighted by Gasteiger charge is -2.00. The largest absolute Gasteiger partial charge is 0.261 e. The number of nitrogens with zero attached hydrogens (tertiary/aromatic N) is 2. The van der Waals surface area contributed by atoms with Gasteiger partial charge in [-0.05, 0) is 11.5 Å². The molecule has 0 aliphatic heterocycles. The molecule has 0 fully saturated rings. The zero-order valence-corrected chi connectivity index (χ0v) is 10.1. The van der Waals surface area contributed by atoms with Crippen molar-refractivity contribution in [2.45, 2.75) is 13.3 Å². The maximum Gasteiger partial charge on any atom is 0.0594 e.